The van der Waals surface area contributed by atoms with E-state index in [1.807, 2.05) is 27.9 Å². The fraction of sp³-hybridized carbons (Fsp3) is 0.829. The van der Waals surface area contributed by atoms with Crippen molar-refractivity contribution < 1.29 is 36.7 Å². The lowest BCUT2D eigenvalue weighted by Crippen LogP contribution is -2.23. The Hall–Kier alpha value is -2.43. The molecule has 0 saturated heterocycles. The van der Waals surface area contributed by atoms with Crippen LogP contribution >= 0.6 is 0 Å². The van der Waals surface area contributed by atoms with E-state index in [0.717, 1.165) is 128 Å². The van der Waals surface area contributed by atoms with Crippen molar-refractivity contribution in [2.45, 2.75) is 173 Å². The van der Waals surface area contributed by atoms with Gasteiger partial charge < -0.3 is 20.3 Å². The zero-order valence-electron chi connectivity index (χ0n) is 33.1. The van der Waals surface area contributed by atoms with Gasteiger partial charge in [-0.15, -0.1) is 0 Å². The summed E-state index contributed by atoms with van der Waals surface area (Å²) in [5.74, 6) is -6.20. The highest BCUT2D eigenvalue weighted by Gasteiger charge is 2.24. The van der Waals surface area contributed by atoms with Crippen molar-refractivity contribution in [3.8, 4) is 0 Å². The molecule has 0 aromatic heterocycles. The average Bonchev–Trinajstić information content (AvgIpc) is 3.08. The lowest BCUT2D eigenvalue weighted by atomic mass is 9.94. The van der Waals surface area contributed by atoms with Gasteiger partial charge in [-0.05, 0) is 71.2 Å². The largest absolute Gasteiger partial charge is 0.465 e. The molecule has 2 amide bonds. The number of unbranched alkanes of at least 4 members (excludes halogenated alkanes) is 12. The van der Waals surface area contributed by atoms with Gasteiger partial charge in [0.05, 0.1) is 12.5 Å². The highest BCUT2D eigenvalue weighted by Crippen LogP contribution is 2.24. The molecule has 2 N–H and O–H groups in total. The van der Waals surface area contributed by atoms with Crippen molar-refractivity contribution in [3.05, 3.63) is 24.3 Å². The van der Waals surface area contributed by atoms with Crippen molar-refractivity contribution in [2.24, 2.45) is 5.92 Å². The number of ether oxygens (including phenoxy) is 1. The van der Waals surface area contributed by atoms with Crippen LogP contribution in [0.2, 0.25) is 0 Å². The van der Waals surface area contributed by atoms with E-state index in [0.29, 0.717) is 32.3 Å². The van der Waals surface area contributed by atoms with Crippen LogP contribution in [0.1, 0.15) is 162 Å². The second-order valence-electron chi connectivity index (χ2n) is 14.5. The van der Waals surface area contributed by atoms with Crippen molar-refractivity contribution in [3.63, 3.8) is 0 Å². The molecule has 52 heavy (non-hydrogen) atoms. The topological polar surface area (TPSA) is 87.7 Å². The summed E-state index contributed by atoms with van der Waals surface area (Å²) < 4.78 is 60.8. The minimum atomic E-state index is -2.83. The first-order chi connectivity index (χ1) is 24.8. The molecule has 0 aliphatic rings. The maximum atomic E-state index is 13.8. The lowest BCUT2D eigenvalue weighted by Gasteiger charge is -2.17. The second-order valence-corrected chi connectivity index (χ2v) is 14.5. The van der Waals surface area contributed by atoms with Crippen LogP contribution in [0.4, 0.5) is 17.6 Å². The molecule has 0 unspecified atom stereocenters. The Labute approximate surface area is 313 Å². The van der Waals surface area contributed by atoms with Crippen LogP contribution in [-0.4, -0.2) is 74.9 Å². The summed E-state index contributed by atoms with van der Waals surface area (Å²) in [6.07, 6.45) is 20.4. The number of rotatable bonds is 35. The Bertz CT molecular complexity index is 914. The van der Waals surface area contributed by atoms with E-state index in [1.54, 1.807) is 0 Å². The highest BCUT2D eigenvalue weighted by molar-refractivity contribution is 5.76. The van der Waals surface area contributed by atoms with Crippen molar-refractivity contribution in [2.75, 3.05) is 40.3 Å². The average molecular weight is 748 g/mol. The molecule has 11 heteroatoms. The molecule has 0 aromatic rings. The molecule has 0 aliphatic carbocycles. The number of nitrogens with one attached hydrogen (secondary N) is 2. The van der Waals surface area contributed by atoms with Crippen LogP contribution in [0.3, 0.4) is 0 Å². The number of amides is 2. The van der Waals surface area contributed by atoms with Crippen LogP contribution in [-0.2, 0) is 19.1 Å². The summed E-state index contributed by atoms with van der Waals surface area (Å²) in [6.45, 7) is 5.43. The number of esters is 1. The van der Waals surface area contributed by atoms with Crippen LogP contribution in [0.15, 0.2) is 24.3 Å². The first-order valence-electron chi connectivity index (χ1n) is 20.3. The van der Waals surface area contributed by atoms with E-state index >= 15 is 0 Å². The summed E-state index contributed by atoms with van der Waals surface area (Å²) >= 11 is 0. The molecule has 0 radical (unpaired) electrons. The quantitative estimate of drug-likeness (QED) is 0.0292. The normalized spacial score (nSPS) is 12.4. The number of hydrogen-bond acceptors (Lipinski definition) is 5. The molecule has 0 aromatic carbocycles. The lowest BCUT2D eigenvalue weighted by molar-refractivity contribution is -0.149. The van der Waals surface area contributed by atoms with Crippen LogP contribution in [0, 0.1) is 5.92 Å². The predicted molar refractivity (Wildman–Crippen MR) is 205 cm³/mol. The first kappa shape index (κ1) is 49.6. The van der Waals surface area contributed by atoms with Crippen molar-refractivity contribution in [1.82, 2.24) is 15.5 Å². The number of allylic oxidation sites excluding steroid dienone is 2. The Kier molecular flexibility index (Phi) is 30.5. The number of hydrogen-bond donors (Lipinski definition) is 2. The molecule has 0 spiro atoms. The fourth-order valence-corrected chi connectivity index (χ4v) is 5.84. The van der Waals surface area contributed by atoms with E-state index in [4.69, 9.17) is 4.74 Å². The maximum absolute atomic E-state index is 13.8. The van der Waals surface area contributed by atoms with Gasteiger partial charge in [-0.3, -0.25) is 14.4 Å². The molecule has 7 nitrogen and oxygen atoms in total. The minimum absolute atomic E-state index is 0.108. The molecule has 0 aliphatic heterocycles. The van der Waals surface area contributed by atoms with Gasteiger partial charge in [0, 0.05) is 45.3 Å². The molecular weight excluding hydrogens is 674 g/mol. The number of alkyl halides is 4. The van der Waals surface area contributed by atoms with Gasteiger partial charge in [-0.1, -0.05) is 103 Å². The molecule has 0 rings (SSSR count). The first-order valence-corrected chi connectivity index (χ1v) is 20.3. The van der Waals surface area contributed by atoms with Gasteiger partial charge in [0.25, 0.3) is 11.8 Å². The zero-order valence-corrected chi connectivity index (χ0v) is 33.1. The Morgan fingerprint density at radius 1 is 0.615 bits per heavy atom. The summed E-state index contributed by atoms with van der Waals surface area (Å²) in [6, 6.07) is 0. The summed E-state index contributed by atoms with van der Waals surface area (Å²) in [7, 11) is 3.97. The smallest absolute Gasteiger partial charge is 0.308 e. The fourth-order valence-electron chi connectivity index (χ4n) is 5.84. The summed E-state index contributed by atoms with van der Waals surface area (Å²) in [4.78, 5) is 39.1. The maximum Gasteiger partial charge on any atom is 0.308 e. The predicted octanol–water partition coefficient (Wildman–Crippen LogP) is 10.3. The van der Waals surface area contributed by atoms with Gasteiger partial charge >= 0.3 is 5.97 Å². The standard InChI is InChI=1S/C41H73F4N3O4/c1-5-7-19-28-40(42,43)30-21-32-46-37(49)26-17-13-9-11-15-24-36(39(51)52-35-23-34-48(3)4)25-16-12-10-14-18-27-38(50)47-33-22-31-41(44,45)29-20-8-6-2/h21-22,30-31,36H,5-20,23-29,32-35H2,1-4H3,(H,46,49)(H,47,50)/b30-21-,31-22-. The van der Waals surface area contributed by atoms with E-state index < -0.39 is 11.8 Å². The van der Waals surface area contributed by atoms with Crippen LogP contribution < -0.4 is 10.6 Å². The SMILES string of the molecule is CCCCCC(F)(F)/C=C\CNC(=O)CCCCCCCC(CCCCCCCC(=O)NC/C=C\C(F)(F)CCCCC)C(=O)OCCCN(C)C. The number of carbonyl (C=O) groups excluding carboxylic acids is 3. The third-order valence-corrected chi connectivity index (χ3v) is 9.03. The van der Waals surface area contributed by atoms with E-state index in [1.165, 1.54) is 12.2 Å². The van der Waals surface area contributed by atoms with Crippen molar-refractivity contribution in [1.29, 1.82) is 0 Å². The highest BCUT2D eigenvalue weighted by atomic mass is 19.3. The molecule has 0 atom stereocenters. The Morgan fingerprint density at radius 3 is 1.46 bits per heavy atom. The van der Waals surface area contributed by atoms with Crippen LogP contribution in [0.25, 0.3) is 0 Å². The monoisotopic (exact) mass is 748 g/mol. The van der Waals surface area contributed by atoms with Gasteiger partial charge in [0.15, 0.2) is 0 Å². The zero-order chi connectivity index (χ0) is 38.9. The number of halogens is 4. The summed E-state index contributed by atoms with van der Waals surface area (Å²) in [5, 5.41) is 5.37. The Morgan fingerprint density at radius 2 is 1.04 bits per heavy atom. The van der Waals surface area contributed by atoms with E-state index in [2.05, 4.69) is 15.5 Å². The minimum Gasteiger partial charge on any atom is -0.465 e. The number of carbonyl (C=O) groups is 3. The second kappa shape index (κ2) is 32.0. The molecule has 0 bridgehead atoms. The molecule has 304 valence electrons. The van der Waals surface area contributed by atoms with Crippen molar-refractivity contribution >= 4 is 17.8 Å². The Balaban J connectivity index is 4.30. The molecule has 0 saturated carbocycles. The summed E-state index contributed by atoms with van der Waals surface area (Å²) in [5.41, 5.74) is 0. The molecule has 0 fully saturated rings. The third kappa shape index (κ3) is 32.2. The molecular formula is C41H73F4N3O4. The van der Waals surface area contributed by atoms with E-state index in [9.17, 15) is 31.9 Å². The molecule has 0 heterocycles. The van der Waals surface area contributed by atoms with Crippen LogP contribution in [0.5, 0.6) is 0 Å². The van der Waals surface area contributed by atoms with Gasteiger partial charge in [-0.25, -0.2) is 17.6 Å². The third-order valence-electron chi connectivity index (χ3n) is 9.03. The van der Waals surface area contributed by atoms with Gasteiger partial charge in [0.2, 0.25) is 11.8 Å². The van der Waals surface area contributed by atoms with E-state index in [-0.39, 0.29) is 49.6 Å². The number of nitrogens with zero attached hydrogens (tertiary/aromatic N) is 1. The van der Waals surface area contributed by atoms with Gasteiger partial charge in [0.1, 0.15) is 0 Å². The van der Waals surface area contributed by atoms with Gasteiger partial charge in [-0.2, -0.15) is 0 Å².